The Morgan fingerprint density at radius 2 is 1.04 bits per heavy atom. The Labute approximate surface area is 138 Å². The van der Waals surface area contributed by atoms with E-state index in [2.05, 4.69) is 8.78 Å². The molecular formula is C10H24N4O6S2Si. The third-order valence-corrected chi connectivity index (χ3v) is 11.6. The van der Waals surface area contributed by atoms with Crippen LogP contribution in [0.15, 0.2) is 0 Å². The zero-order valence-electron chi connectivity index (χ0n) is 13.3. The Kier molecular flexibility index (Phi) is 6.19. The largest absolute Gasteiger partial charge is 0.379 e. The first-order valence-corrected chi connectivity index (χ1v) is 13.2. The number of morpholine rings is 2. The first kappa shape index (κ1) is 19.2. The lowest BCUT2D eigenvalue weighted by Crippen LogP contribution is -2.66. The van der Waals surface area contributed by atoms with E-state index in [1.54, 1.807) is 13.1 Å². The quantitative estimate of drug-likeness (QED) is 0.509. The van der Waals surface area contributed by atoms with Crippen molar-refractivity contribution < 1.29 is 26.3 Å². The fraction of sp³-hybridized carbons (Fsp3) is 1.00. The van der Waals surface area contributed by atoms with Crippen molar-refractivity contribution in [3.63, 3.8) is 0 Å². The van der Waals surface area contributed by atoms with E-state index in [4.69, 9.17) is 9.47 Å². The zero-order chi connectivity index (χ0) is 17.1. The topological polar surface area (TPSA) is 117 Å². The summed E-state index contributed by atoms with van der Waals surface area (Å²) in [7, 11) is -10.5. The molecule has 2 fully saturated rings. The minimum absolute atomic E-state index is 0.260. The SMILES string of the molecule is C[Si](C)(NS(=O)(=O)N1CCOCC1)NS(=O)(=O)N1CCOCC1. The molecule has 136 valence electrons. The van der Waals surface area contributed by atoms with Gasteiger partial charge in [0, 0.05) is 26.2 Å². The van der Waals surface area contributed by atoms with Gasteiger partial charge in [-0.2, -0.15) is 25.4 Å². The molecule has 2 N–H and O–H groups in total. The summed E-state index contributed by atoms with van der Waals surface area (Å²) in [6.07, 6.45) is 0. The number of rotatable bonds is 6. The molecule has 0 aromatic heterocycles. The van der Waals surface area contributed by atoms with Gasteiger partial charge in [-0.15, -0.1) is 0 Å². The van der Waals surface area contributed by atoms with Gasteiger partial charge in [0.1, 0.15) is 0 Å². The molecule has 2 saturated heterocycles. The van der Waals surface area contributed by atoms with Crippen LogP contribution in [0.25, 0.3) is 0 Å². The average Bonchev–Trinajstić information content (AvgIpc) is 2.47. The molecular weight excluding hydrogens is 364 g/mol. The van der Waals surface area contributed by atoms with Crippen molar-refractivity contribution in [2.24, 2.45) is 0 Å². The highest BCUT2D eigenvalue weighted by Crippen LogP contribution is 2.09. The van der Waals surface area contributed by atoms with Crippen LogP contribution in [0.3, 0.4) is 0 Å². The molecule has 13 heteroatoms. The monoisotopic (exact) mass is 388 g/mol. The summed E-state index contributed by atoms with van der Waals surface area (Å²) in [6, 6.07) is 0. The second-order valence-electron chi connectivity index (χ2n) is 5.86. The Morgan fingerprint density at radius 1 is 0.739 bits per heavy atom. The standard InChI is InChI=1S/C10H24N4O6S2Si/c1-23(2,11-21(15,16)13-3-7-19-8-4-13)12-22(17,18)14-5-9-20-10-6-14/h11-12H,3-10H2,1-2H3. The van der Waals surface area contributed by atoms with E-state index in [-0.39, 0.29) is 26.2 Å². The maximum Gasteiger partial charge on any atom is 0.274 e. The van der Waals surface area contributed by atoms with Crippen LogP contribution in [-0.2, 0) is 29.9 Å². The van der Waals surface area contributed by atoms with Crippen molar-refractivity contribution in [1.29, 1.82) is 0 Å². The number of nitrogens with one attached hydrogen (secondary N) is 2. The minimum atomic E-state index is -3.75. The van der Waals surface area contributed by atoms with Crippen molar-refractivity contribution in [2.45, 2.75) is 13.1 Å². The molecule has 0 radical (unpaired) electrons. The first-order chi connectivity index (χ1) is 10.6. The second-order valence-corrected chi connectivity index (χ2v) is 13.7. The van der Waals surface area contributed by atoms with Crippen LogP contribution in [0.1, 0.15) is 0 Å². The van der Waals surface area contributed by atoms with Crippen molar-refractivity contribution >= 4 is 28.8 Å². The van der Waals surface area contributed by atoms with Crippen LogP contribution in [0, 0.1) is 0 Å². The van der Waals surface area contributed by atoms with Crippen LogP contribution in [0.5, 0.6) is 0 Å². The van der Waals surface area contributed by atoms with E-state index < -0.39 is 28.8 Å². The summed E-state index contributed by atoms with van der Waals surface area (Å²) in [6.45, 7) is 5.58. The number of nitrogens with zero attached hydrogens (tertiary/aromatic N) is 2. The molecule has 2 rings (SSSR count). The van der Waals surface area contributed by atoms with Crippen LogP contribution in [-0.4, -0.2) is 86.4 Å². The van der Waals surface area contributed by atoms with Gasteiger partial charge in [0.15, 0.2) is 0 Å². The second kappa shape index (κ2) is 7.41. The van der Waals surface area contributed by atoms with Gasteiger partial charge in [0.2, 0.25) is 8.40 Å². The molecule has 0 amide bonds. The smallest absolute Gasteiger partial charge is 0.274 e. The summed E-state index contributed by atoms with van der Waals surface area (Å²) in [5.74, 6) is 0. The van der Waals surface area contributed by atoms with Gasteiger partial charge in [-0.1, -0.05) is 0 Å². The van der Waals surface area contributed by atoms with Crippen LogP contribution in [0.2, 0.25) is 13.1 Å². The molecule has 0 atom stereocenters. The van der Waals surface area contributed by atoms with Gasteiger partial charge in [-0.25, -0.2) is 8.78 Å². The lowest BCUT2D eigenvalue weighted by Gasteiger charge is -2.33. The van der Waals surface area contributed by atoms with E-state index in [0.29, 0.717) is 26.4 Å². The van der Waals surface area contributed by atoms with E-state index in [1.807, 2.05) is 0 Å². The molecule has 0 unspecified atom stereocenters. The fourth-order valence-corrected chi connectivity index (χ4v) is 10.4. The maximum absolute atomic E-state index is 12.4. The molecule has 0 aromatic carbocycles. The molecule has 0 spiro atoms. The summed E-state index contributed by atoms with van der Waals surface area (Å²) >= 11 is 0. The summed E-state index contributed by atoms with van der Waals surface area (Å²) in [5.41, 5.74) is 0. The first-order valence-electron chi connectivity index (χ1n) is 7.36. The normalized spacial score (nSPS) is 23.0. The van der Waals surface area contributed by atoms with Crippen LogP contribution >= 0.6 is 0 Å². The number of hydrogen-bond donors (Lipinski definition) is 2. The third-order valence-electron chi connectivity index (χ3n) is 3.39. The molecule has 2 aliphatic heterocycles. The van der Waals surface area contributed by atoms with E-state index >= 15 is 0 Å². The molecule has 2 heterocycles. The molecule has 23 heavy (non-hydrogen) atoms. The Balaban J connectivity index is 2.02. The summed E-state index contributed by atoms with van der Waals surface area (Å²) < 4.78 is 67.4. The number of ether oxygens (including phenoxy) is 2. The van der Waals surface area contributed by atoms with Crippen molar-refractivity contribution in [3.05, 3.63) is 0 Å². The lowest BCUT2D eigenvalue weighted by molar-refractivity contribution is 0.0726. The van der Waals surface area contributed by atoms with E-state index in [1.165, 1.54) is 8.61 Å². The van der Waals surface area contributed by atoms with Crippen molar-refractivity contribution in [1.82, 2.24) is 17.4 Å². The zero-order valence-corrected chi connectivity index (χ0v) is 16.0. The van der Waals surface area contributed by atoms with E-state index in [9.17, 15) is 16.8 Å². The van der Waals surface area contributed by atoms with Crippen LogP contribution in [0.4, 0.5) is 0 Å². The fourth-order valence-electron chi connectivity index (χ4n) is 2.37. The molecule has 0 aliphatic carbocycles. The highest BCUT2D eigenvalue weighted by atomic mass is 32.2. The highest BCUT2D eigenvalue weighted by Gasteiger charge is 2.38. The lowest BCUT2D eigenvalue weighted by atomic mass is 10.5. The van der Waals surface area contributed by atoms with Gasteiger partial charge >= 0.3 is 0 Å². The Hall–Kier alpha value is -0.123. The van der Waals surface area contributed by atoms with Gasteiger partial charge in [0.05, 0.1) is 26.4 Å². The van der Waals surface area contributed by atoms with Gasteiger partial charge in [-0.3, -0.25) is 0 Å². The Morgan fingerprint density at radius 3 is 1.35 bits per heavy atom. The highest BCUT2D eigenvalue weighted by molar-refractivity contribution is 7.90. The van der Waals surface area contributed by atoms with E-state index in [0.717, 1.165) is 0 Å². The molecule has 0 bridgehead atoms. The molecule has 0 aromatic rings. The minimum Gasteiger partial charge on any atom is -0.379 e. The van der Waals surface area contributed by atoms with Gasteiger partial charge < -0.3 is 9.47 Å². The van der Waals surface area contributed by atoms with Gasteiger partial charge in [-0.05, 0) is 13.1 Å². The van der Waals surface area contributed by atoms with Crippen molar-refractivity contribution in [3.8, 4) is 0 Å². The predicted octanol–water partition coefficient (Wildman–Crippen LogP) is -1.98. The molecule has 0 saturated carbocycles. The summed E-state index contributed by atoms with van der Waals surface area (Å²) in [4.78, 5) is 0. The average molecular weight is 389 g/mol. The maximum atomic E-state index is 12.4. The summed E-state index contributed by atoms with van der Waals surface area (Å²) in [5, 5.41) is 0. The number of hydrogen-bond acceptors (Lipinski definition) is 6. The third kappa shape index (κ3) is 5.44. The Bertz CT molecular complexity index is 547. The molecule has 10 nitrogen and oxygen atoms in total. The van der Waals surface area contributed by atoms with Crippen molar-refractivity contribution in [2.75, 3.05) is 52.6 Å². The predicted molar refractivity (Wildman–Crippen MR) is 86.4 cm³/mol. The molecule has 2 aliphatic rings. The van der Waals surface area contributed by atoms with Crippen LogP contribution < -0.4 is 8.78 Å². The van der Waals surface area contributed by atoms with Gasteiger partial charge in [0.25, 0.3) is 20.4 Å².